The monoisotopic (exact) mass is 209 g/mol. The van der Waals surface area contributed by atoms with Crippen molar-refractivity contribution in [1.29, 1.82) is 0 Å². The zero-order chi connectivity index (χ0) is 9.97. The molecule has 2 rings (SSSR count). The first-order valence-corrected chi connectivity index (χ1v) is 4.98. The molecule has 0 atom stereocenters. The predicted molar refractivity (Wildman–Crippen MR) is 58.7 cm³/mol. The smallest absolute Gasteiger partial charge is 0.0702 e. The molecule has 0 bridgehead atoms. The number of aliphatic hydroxyl groups excluding tert-OH is 1. The lowest BCUT2D eigenvalue weighted by Crippen LogP contribution is -2.20. The lowest BCUT2D eigenvalue weighted by atomic mass is 10.1. The van der Waals surface area contributed by atoms with Gasteiger partial charge in [-0.15, -0.1) is 0 Å². The van der Waals surface area contributed by atoms with Gasteiger partial charge in [0.15, 0.2) is 0 Å². The maximum atomic E-state index is 9.20. The molecular formula is C11H12ClNO. The third kappa shape index (κ3) is 1.76. The van der Waals surface area contributed by atoms with Crippen molar-refractivity contribution in [3.05, 3.63) is 40.9 Å². The van der Waals surface area contributed by atoms with Gasteiger partial charge in [0.05, 0.1) is 6.61 Å². The fourth-order valence-corrected chi connectivity index (χ4v) is 1.86. The fraction of sp³-hybridized carbons (Fsp3) is 0.273. The van der Waals surface area contributed by atoms with Crippen molar-refractivity contribution in [1.82, 2.24) is 0 Å². The summed E-state index contributed by atoms with van der Waals surface area (Å²) < 4.78 is 0. The number of anilines is 1. The fourth-order valence-electron chi connectivity index (χ4n) is 1.66. The summed E-state index contributed by atoms with van der Waals surface area (Å²) >= 11 is 5.86. The standard InChI is InChI=1S/C11H12ClNO/c12-10-3-4-11(9(7-10)8-14)13-5-1-2-6-13/h1-4,7,14H,5-6,8H2. The van der Waals surface area contributed by atoms with Crippen molar-refractivity contribution in [2.45, 2.75) is 6.61 Å². The molecule has 1 aromatic rings. The summed E-state index contributed by atoms with van der Waals surface area (Å²) in [6, 6.07) is 5.63. The minimum absolute atomic E-state index is 0.0341. The summed E-state index contributed by atoms with van der Waals surface area (Å²) in [5.74, 6) is 0. The maximum absolute atomic E-state index is 9.20. The molecular weight excluding hydrogens is 198 g/mol. The predicted octanol–water partition coefficient (Wildman–Crippen LogP) is 2.21. The average Bonchev–Trinajstić information content (AvgIpc) is 2.70. The molecule has 14 heavy (non-hydrogen) atoms. The van der Waals surface area contributed by atoms with E-state index < -0.39 is 0 Å². The second-order valence-corrected chi connectivity index (χ2v) is 3.74. The molecule has 0 fully saturated rings. The summed E-state index contributed by atoms with van der Waals surface area (Å²) in [5, 5.41) is 9.87. The second-order valence-electron chi connectivity index (χ2n) is 3.31. The van der Waals surface area contributed by atoms with E-state index >= 15 is 0 Å². The van der Waals surface area contributed by atoms with Crippen LogP contribution in [-0.4, -0.2) is 18.2 Å². The number of hydrogen-bond donors (Lipinski definition) is 1. The molecule has 74 valence electrons. The summed E-state index contributed by atoms with van der Waals surface area (Å²) in [4.78, 5) is 2.20. The van der Waals surface area contributed by atoms with E-state index in [1.807, 2.05) is 18.2 Å². The van der Waals surface area contributed by atoms with Gasteiger partial charge >= 0.3 is 0 Å². The highest BCUT2D eigenvalue weighted by molar-refractivity contribution is 6.30. The van der Waals surface area contributed by atoms with E-state index in [0.717, 1.165) is 24.3 Å². The Kier molecular flexibility index (Phi) is 2.75. The van der Waals surface area contributed by atoms with Crippen LogP contribution in [0.4, 0.5) is 5.69 Å². The first-order valence-electron chi connectivity index (χ1n) is 4.60. The maximum Gasteiger partial charge on any atom is 0.0702 e. The number of hydrogen-bond acceptors (Lipinski definition) is 2. The highest BCUT2D eigenvalue weighted by Gasteiger charge is 2.11. The zero-order valence-electron chi connectivity index (χ0n) is 7.78. The summed E-state index contributed by atoms with van der Waals surface area (Å²) in [7, 11) is 0. The van der Waals surface area contributed by atoms with Crippen LogP contribution < -0.4 is 4.90 Å². The van der Waals surface area contributed by atoms with Gasteiger partial charge in [-0.05, 0) is 18.2 Å². The molecule has 1 aliphatic rings. The molecule has 0 aromatic heterocycles. The Morgan fingerprint density at radius 1 is 1.29 bits per heavy atom. The van der Waals surface area contributed by atoms with Crippen LogP contribution in [0.5, 0.6) is 0 Å². The van der Waals surface area contributed by atoms with Gasteiger partial charge in [-0.25, -0.2) is 0 Å². The number of nitrogens with zero attached hydrogens (tertiary/aromatic N) is 1. The number of halogens is 1. The molecule has 0 saturated heterocycles. The molecule has 1 N–H and O–H groups in total. The van der Waals surface area contributed by atoms with Gasteiger partial charge in [-0.1, -0.05) is 23.8 Å². The van der Waals surface area contributed by atoms with Gasteiger partial charge in [-0.2, -0.15) is 0 Å². The topological polar surface area (TPSA) is 23.5 Å². The lowest BCUT2D eigenvalue weighted by molar-refractivity contribution is 0.282. The number of aliphatic hydroxyl groups is 1. The number of benzene rings is 1. The lowest BCUT2D eigenvalue weighted by Gasteiger charge is -2.20. The zero-order valence-corrected chi connectivity index (χ0v) is 8.54. The van der Waals surface area contributed by atoms with Crippen LogP contribution in [0.3, 0.4) is 0 Å². The molecule has 0 unspecified atom stereocenters. The molecule has 1 heterocycles. The van der Waals surface area contributed by atoms with Gasteiger partial charge in [0.25, 0.3) is 0 Å². The second kappa shape index (κ2) is 4.03. The van der Waals surface area contributed by atoms with Crippen LogP contribution >= 0.6 is 11.6 Å². The summed E-state index contributed by atoms with van der Waals surface area (Å²) in [6.07, 6.45) is 4.24. The Hall–Kier alpha value is -0.990. The first kappa shape index (κ1) is 9.56. The van der Waals surface area contributed by atoms with Gasteiger partial charge in [0, 0.05) is 29.4 Å². The minimum Gasteiger partial charge on any atom is -0.392 e. The van der Waals surface area contributed by atoms with Gasteiger partial charge in [-0.3, -0.25) is 0 Å². The van der Waals surface area contributed by atoms with Gasteiger partial charge in [0.2, 0.25) is 0 Å². The SMILES string of the molecule is OCc1cc(Cl)ccc1N1CC=CC1. The average molecular weight is 210 g/mol. The molecule has 0 radical (unpaired) electrons. The van der Waals surface area contributed by atoms with Crippen molar-refractivity contribution < 1.29 is 5.11 Å². The minimum atomic E-state index is 0.0341. The quantitative estimate of drug-likeness (QED) is 0.755. The molecule has 1 aromatic carbocycles. The van der Waals surface area contributed by atoms with Crippen LogP contribution in [0.15, 0.2) is 30.4 Å². The third-order valence-electron chi connectivity index (χ3n) is 2.37. The van der Waals surface area contributed by atoms with Gasteiger partial charge < -0.3 is 10.0 Å². The number of rotatable bonds is 2. The Morgan fingerprint density at radius 3 is 2.64 bits per heavy atom. The normalized spacial score (nSPS) is 15.1. The van der Waals surface area contributed by atoms with Crippen LogP contribution in [-0.2, 0) is 6.61 Å². The molecule has 2 nitrogen and oxygen atoms in total. The molecule has 0 amide bonds. The largest absolute Gasteiger partial charge is 0.392 e. The van der Waals surface area contributed by atoms with E-state index in [0.29, 0.717) is 5.02 Å². The molecule has 0 spiro atoms. The van der Waals surface area contributed by atoms with Crippen LogP contribution in [0.25, 0.3) is 0 Å². The van der Waals surface area contributed by atoms with Crippen LogP contribution in [0.2, 0.25) is 5.02 Å². The van der Waals surface area contributed by atoms with E-state index in [1.54, 1.807) is 0 Å². The van der Waals surface area contributed by atoms with Crippen molar-refractivity contribution in [2.24, 2.45) is 0 Å². The van der Waals surface area contributed by atoms with E-state index in [4.69, 9.17) is 11.6 Å². The summed E-state index contributed by atoms with van der Waals surface area (Å²) in [5.41, 5.74) is 1.96. The Balaban J connectivity index is 2.32. The van der Waals surface area contributed by atoms with Crippen LogP contribution in [0.1, 0.15) is 5.56 Å². The Morgan fingerprint density at radius 2 is 2.00 bits per heavy atom. The van der Waals surface area contributed by atoms with E-state index in [-0.39, 0.29) is 6.61 Å². The molecule has 3 heteroatoms. The first-order chi connectivity index (χ1) is 6.81. The van der Waals surface area contributed by atoms with Crippen molar-refractivity contribution >= 4 is 17.3 Å². The summed E-state index contributed by atoms with van der Waals surface area (Å²) in [6.45, 7) is 1.86. The highest BCUT2D eigenvalue weighted by Crippen LogP contribution is 2.25. The van der Waals surface area contributed by atoms with Gasteiger partial charge in [0.1, 0.15) is 0 Å². The molecule has 0 aliphatic carbocycles. The van der Waals surface area contributed by atoms with Crippen molar-refractivity contribution in [3.8, 4) is 0 Å². The molecule has 0 saturated carbocycles. The van der Waals surface area contributed by atoms with E-state index in [2.05, 4.69) is 17.1 Å². The Labute approximate surface area is 88.4 Å². The molecule has 1 aliphatic heterocycles. The highest BCUT2D eigenvalue weighted by atomic mass is 35.5. The van der Waals surface area contributed by atoms with E-state index in [1.165, 1.54) is 0 Å². The van der Waals surface area contributed by atoms with Crippen molar-refractivity contribution in [2.75, 3.05) is 18.0 Å². The van der Waals surface area contributed by atoms with Crippen molar-refractivity contribution in [3.63, 3.8) is 0 Å². The third-order valence-corrected chi connectivity index (χ3v) is 2.61. The Bertz CT molecular complexity index is 354. The van der Waals surface area contributed by atoms with Crippen LogP contribution in [0, 0.1) is 0 Å². The van der Waals surface area contributed by atoms with E-state index in [9.17, 15) is 5.11 Å².